The Morgan fingerprint density at radius 2 is 2.37 bits per heavy atom. The van der Waals surface area contributed by atoms with Gasteiger partial charge in [0.25, 0.3) is 0 Å². The van der Waals surface area contributed by atoms with Crippen molar-refractivity contribution in [3.63, 3.8) is 0 Å². The average Bonchev–Trinajstić information content (AvgIpc) is 2.98. The normalized spacial score (nSPS) is 22.6. The highest BCUT2D eigenvalue weighted by Gasteiger charge is 2.27. The molecule has 2 unspecified atom stereocenters. The molecule has 0 amide bonds. The summed E-state index contributed by atoms with van der Waals surface area (Å²) < 4.78 is 0.711. The number of aromatic nitrogens is 2. The van der Waals surface area contributed by atoms with Gasteiger partial charge in [-0.2, -0.15) is 11.8 Å². The van der Waals surface area contributed by atoms with Crippen molar-refractivity contribution < 1.29 is 9.90 Å². The number of nitrogens with zero attached hydrogens (tertiary/aromatic N) is 2. The van der Waals surface area contributed by atoms with E-state index in [4.69, 9.17) is 5.11 Å². The van der Waals surface area contributed by atoms with Gasteiger partial charge in [-0.15, -0.1) is 10.2 Å². The quantitative estimate of drug-likeness (QED) is 0.748. The SMILES string of the molecule is CCSC1CCCC1Nc1nnc(SCC(=O)O)s1. The first-order valence-corrected chi connectivity index (χ1v) is 9.10. The Labute approximate surface area is 125 Å². The summed E-state index contributed by atoms with van der Waals surface area (Å²) in [5.41, 5.74) is 0. The molecule has 2 atom stereocenters. The van der Waals surface area contributed by atoms with Crippen molar-refractivity contribution in [2.45, 2.75) is 41.8 Å². The standard InChI is InChI=1S/C11H17N3O2S3/c1-2-17-8-5-3-4-7(8)12-10-13-14-11(19-10)18-6-9(15)16/h7-8H,2-6H2,1H3,(H,12,13)(H,15,16). The van der Waals surface area contributed by atoms with Gasteiger partial charge in [-0.1, -0.05) is 36.4 Å². The lowest BCUT2D eigenvalue weighted by molar-refractivity contribution is -0.133. The minimum absolute atomic E-state index is 0.0341. The predicted octanol–water partition coefficient (Wildman–Crippen LogP) is 2.80. The van der Waals surface area contributed by atoms with E-state index in [1.54, 1.807) is 0 Å². The maximum absolute atomic E-state index is 10.5. The molecule has 0 saturated heterocycles. The Bertz CT molecular complexity index is 427. The number of thioether (sulfide) groups is 2. The molecule has 1 aromatic rings. The van der Waals surface area contributed by atoms with E-state index in [0.29, 0.717) is 15.6 Å². The van der Waals surface area contributed by atoms with Crippen LogP contribution in [0.2, 0.25) is 0 Å². The topological polar surface area (TPSA) is 75.1 Å². The molecule has 0 bridgehead atoms. The second-order valence-electron chi connectivity index (χ2n) is 4.23. The van der Waals surface area contributed by atoms with Crippen LogP contribution in [0.4, 0.5) is 5.13 Å². The van der Waals surface area contributed by atoms with Gasteiger partial charge in [-0.3, -0.25) is 4.79 Å². The summed E-state index contributed by atoms with van der Waals surface area (Å²) in [6.07, 6.45) is 3.69. The molecule has 1 heterocycles. The lowest BCUT2D eigenvalue weighted by Gasteiger charge is -2.19. The third-order valence-corrected chi connectivity index (χ3v) is 6.17. The fraction of sp³-hybridized carbons (Fsp3) is 0.727. The zero-order chi connectivity index (χ0) is 13.7. The van der Waals surface area contributed by atoms with Gasteiger partial charge >= 0.3 is 5.97 Å². The van der Waals surface area contributed by atoms with Crippen LogP contribution < -0.4 is 5.32 Å². The second-order valence-corrected chi connectivity index (χ2v) is 7.95. The van der Waals surface area contributed by atoms with Crippen molar-refractivity contribution >= 4 is 46.0 Å². The maximum Gasteiger partial charge on any atom is 0.313 e. The van der Waals surface area contributed by atoms with E-state index < -0.39 is 5.97 Å². The van der Waals surface area contributed by atoms with Crippen molar-refractivity contribution in [2.75, 3.05) is 16.8 Å². The lowest BCUT2D eigenvalue weighted by Crippen LogP contribution is -2.26. The Balaban J connectivity index is 1.86. The maximum atomic E-state index is 10.5. The summed E-state index contributed by atoms with van der Waals surface area (Å²) >= 11 is 4.66. The molecule has 106 valence electrons. The zero-order valence-electron chi connectivity index (χ0n) is 10.7. The molecule has 2 N–H and O–H groups in total. The highest BCUT2D eigenvalue weighted by atomic mass is 32.2. The van der Waals surface area contributed by atoms with Gasteiger partial charge in [-0.05, 0) is 18.6 Å². The van der Waals surface area contributed by atoms with Gasteiger partial charge in [0, 0.05) is 11.3 Å². The van der Waals surface area contributed by atoms with E-state index in [2.05, 4.69) is 22.4 Å². The van der Waals surface area contributed by atoms with Crippen LogP contribution in [0.5, 0.6) is 0 Å². The minimum Gasteiger partial charge on any atom is -0.481 e. The monoisotopic (exact) mass is 319 g/mol. The second kappa shape index (κ2) is 7.35. The molecule has 5 nitrogen and oxygen atoms in total. The molecule has 1 fully saturated rings. The van der Waals surface area contributed by atoms with Crippen molar-refractivity contribution in [1.29, 1.82) is 0 Å². The smallest absolute Gasteiger partial charge is 0.313 e. The van der Waals surface area contributed by atoms with E-state index in [9.17, 15) is 4.79 Å². The van der Waals surface area contributed by atoms with Crippen molar-refractivity contribution in [2.24, 2.45) is 0 Å². The van der Waals surface area contributed by atoms with Crippen LogP contribution in [0.3, 0.4) is 0 Å². The summed E-state index contributed by atoms with van der Waals surface area (Å²) in [7, 11) is 0. The predicted molar refractivity (Wildman–Crippen MR) is 81.5 cm³/mol. The number of hydrogen-bond acceptors (Lipinski definition) is 7. The Morgan fingerprint density at radius 3 is 3.11 bits per heavy atom. The summed E-state index contributed by atoms with van der Waals surface area (Å²) in [6, 6.07) is 0.468. The summed E-state index contributed by atoms with van der Waals surface area (Å²) in [5, 5.41) is 21.6. The van der Waals surface area contributed by atoms with Crippen molar-refractivity contribution in [3.05, 3.63) is 0 Å². The van der Waals surface area contributed by atoms with Crippen LogP contribution >= 0.6 is 34.9 Å². The highest BCUT2D eigenvalue weighted by Crippen LogP contribution is 2.33. The molecule has 2 rings (SSSR count). The number of aliphatic carboxylic acids is 1. The lowest BCUT2D eigenvalue weighted by atomic mass is 10.2. The summed E-state index contributed by atoms with van der Waals surface area (Å²) in [6.45, 7) is 2.19. The van der Waals surface area contributed by atoms with Gasteiger partial charge in [-0.25, -0.2) is 0 Å². The molecule has 0 spiro atoms. The molecule has 0 aromatic carbocycles. The number of rotatable bonds is 7. The number of carboxylic acids is 1. The first-order chi connectivity index (χ1) is 9.19. The van der Waals surface area contributed by atoms with Crippen molar-refractivity contribution in [1.82, 2.24) is 10.2 Å². The number of nitrogens with one attached hydrogen (secondary N) is 1. The van der Waals surface area contributed by atoms with Gasteiger partial charge in [0.2, 0.25) is 5.13 Å². The Hall–Kier alpha value is -0.470. The molecule has 1 aliphatic rings. The fourth-order valence-electron chi connectivity index (χ4n) is 2.11. The van der Waals surface area contributed by atoms with Gasteiger partial charge in [0.1, 0.15) is 0 Å². The van der Waals surface area contributed by atoms with Gasteiger partial charge < -0.3 is 10.4 Å². The molecule has 0 radical (unpaired) electrons. The average molecular weight is 319 g/mol. The number of hydrogen-bond donors (Lipinski definition) is 2. The number of carbonyl (C=O) groups is 1. The van der Waals surface area contributed by atoms with E-state index in [0.717, 1.165) is 10.9 Å². The van der Waals surface area contributed by atoms with Crippen LogP contribution in [0.25, 0.3) is 0 Å². The number of anilines is 1. The number of carboxylic acid groups (broad SMARTS) is 1. The van der Waals surface area contributed by atoms with Crippen LogP contribution in [-0.4, -0.2) is 44.1 Å². The molecule has 1 saturated carbocycles. The first-order valence-electron chi connectivity index (χ1n) is 6.25. The summed E-state index contributed by atoms with van der Waals surface area (Å²) in [4.78, 5) is 10.5. The molecular formula is C11H17N3O2S3. The molecular weight excluding hydrogens is 302 g/mol. The Kier molecular flexibility index (Phi) is 5.77. The fourth-order valence-corrected chi connectivity index (χ4v) is 4.84. The minimum atomic E-state index is -0.829. The van der Waals surface area contributed by atoms with Crippen LogP contribution in [0.1, 0.15) is 26.2 Å². The van der Waals surface area contributed by atoms with E-state index in [1.807, 2.05) is 11.8 Å². The van der Waals surface area contributed by atoms with E-state index >= 15 is 0 Å². The molecule has 0 aliphatic heterocycles. The molecule has 8 heteroatoms. The van der Waals surface area contributed by atoms with Crippen LogP contribution in [0, 0.1) is 0 Å². The molecule has 1 aliphatic carbocycles. The molecule has 1 aromatic heterocycles. The van der Waals surface area contributed by atoms with Gasteiger partial charge in [0.05, 0.1) is 5.75 Å². The third-order valence-electron chi connectivity index (χ3n) is 2.87. The zero-order valence-corrected chi connectivity index (χ0v) is 13.1. The Morgan fingerprint density at radius 1 is 1.53 bits per heavy atom. The van der Waals surface area contributed by atoms with Crippen LogP contribution in [-0.2, 0) is 4.79 Å². The largest absolute Gasteiger partial charge is 0.481 e. The van der Waals surface area contributed by atoms with E-state index in [1.165, 1.54) is 42.4 Å². The van der Waals surface area contributed by atoms with Crippen molar-refractivity contribution in [3.8, 4) is 0 Å². The van der Waals surface area contributed by atoms with Gasteiger partial charge in [0.15, 0.2) is 4.34 Å². The third kappa shape index (κ3) is 4.54. The summed E-state index contributed by atoms with van der Waals surface area (Å²) in [5.74, 6) is 0.343. The van der Waals surface area contributed by atoms with E-state index in [-0.39, 0.29) is 5.75 Å². The highest BCUT2D eigenvalue weighted by molar-refractivity contribution is 8.01. The first kappa shape index (κ1) is 14.9. The van der Waals surface area contributed by atoms with Crippen LogP contribution in [0.15, 0.2) is 4.34 Å². The molecule has 19 heavy (non-hydrogen) atoms.